The van der Waals surface area contributed by atoms with Gasteiger partial charge in [0.2, 0.25) is 0 Å². The van der Waals surface area contributed by atoms with Crippen molar-refractivity contribution in [2.45, 2.75) is 31.5 Å². The van der Waals surface area contributed by atoms with Gasteiger partial charge in [-0.3, -0.25) is 11.3 Å². The zero-order valence-corrected chi connectivity index (χ0v) is 10.8. The second kappa shape index (κ2) is 6.00. The van der Waals surface area contributed by atoms with Gasteiger partial charge in [-0.1, -0.05) is 0 Å². The van der Waals surface area contributed by atoms with Gasteiger partial charge in [-0.2, -0.15) is 13.2 Å². The molecular formula is C9H12BrF3N2S. The lowest BCUT2D eigenvalue weighted by molar-refractivity contribution is -0.135. The van der Waals surface area contributed by atoms with Crippen LogP contribution in [-0.4, -0.2) is 6.18 Å². The summed E-state index contributed by atoms with van der Waals surface area (Å²) < 4.78 is 36.8. The molecule has 1 unspecified atom stereocenters. The Morgan fingerprint density at radius 3 is 2.62 bits per heavy atom. The van der Waals surface area contributed by atoms with Gasteiger partial charge in [0, 0.05) is 12.5 Å². The average molecular weight is 317 g/mol. The van der Waals surface area contributed by atoms with Gasteiger partial charge in [-0.05, 0) is 45.8 Å². The predicted molar refractivity (Wildman–Crippen MR) is 62.0 cm³/mol. The van der Waals surface area contributed by atoms with Crippen LogP contribution in [0.4, 0.5) is 13.2 Å². The largest absolute Gasteiger partial charge is 0.389 e. The van der Waals surface area contributed by atoms with E-state index in [0.717, 1.165) is 9.35 Å². The minimum atomic E-state index is -4.09. The Labute approximate surface area is 104 Å². The Hall–Kier alpha value is -0.110. The molecule has 0 spiro atoms. The maximum atomic E-state index is 12.0. The van der Waals surface area contributed by atoms with E-state index in [1.54, 1.807) is 0 Å². The van der Waals surface area contributed by atoms with Crippen LogP contribution in [0.1, 0.15) is 30.9 Å². The van der Waals surface area contributed by atoms with Crippen LogP contribution in [-0.2, 0) is 0 Å². The lowest BCUT2D eigenvalue weighted by Crippen LogP contribution is -2.28. The summed E-state index contributed by atoms with van der Waals surface area (Å²) in [5.41, 5.74) is 3.45. The van der Waals surface area contributed by atoms with Crippen molar-refractivity contribution in [2.24, 2.45) is 5.84 Å². The Morgan fingerprint density at radius 2 is 2.19 bits per heavy atom. The molecule has 1 aromatic rings. The van der Waals surface area contributed by atoms with Crippen molar-refractivity contribution in [3.8, 4) is 0 Å². The molecule has 0 saturated heterocycles. The number of alkyl halides is 3. The summed E-state index contributed by atoms with van der Waals surface area (Å²) in [6.07, 6.45) is -4.41. The van der Waals surface area contributed by atoms with Gasteiger partial charge in [0.25, 0.3) is 0 Å². The molecule has 16 heavy (non-hydrogen) atoms. The van der Waals surface area contributed by atoms with E-state index in [2.05, 4.69) is 21.4 Å². The van der Waals surface area contributed by atoms with Crippen molar-refractivity contribution < 1.29 is 13.2 Å². The van der Waals surface area contributed by atoms with Crippen molar-refractivity contribution >= 4 is 27.3 Å². The molecule has 7 heteroatoms. The van der Waals surface area contributed by atoms with E-state index < -0.39 is 12.6 Å². The summed E-state index contributed by atoms with van der Waals surface area (Å²) in [7, 11) is 0. The van der Waals surface area contributed by atoms with E-state index in [9.17, 15) is 13.2 Å². The van der Waals surface area contributed by atoms with Crippen molar-refractivity contribution in [2.75, 3.05) is 0 Å². The molecule has 0 saturated carbocycles. The lowest BCUT2D eigenvalue weighted by Gasteiger charge is -2.14. The molecule has 0 fully saturated rings. The Balaban J connectivity index is 2.44. The molecular weight excluding hydrogens is 305 g/mol. The third-order valence-corrected chi connectivity index (χ3v) is 3.67. The zero-order chi connectivity index (χ0) is 12.2. The molecule has 0 aliphatic heterocycles. The predicted octanol–water partition coefficient (Wildman–Crippen LogP) is 3.75. The molecule has 0 aliphatic carbocycles. The highest BCUT2D eigenvalue weighted by molar-refractivity contribution is 9.11. The Kier molecular flexibility index (Phi) is 5.23. The summed E-state index contributed by atoms with van der Waals surface area (Å²) in [6.45, 7) is 0. The van der Waals surface area contributed by atoms with Crippen LogP contribution in [0.15, 0.2) is 15.2 Å². The summed E-state index contributed by atoms with van der Waals surface area (Å²) in [5, 5.41) is 1.88. The van der Waals surface area contributed by atoms with Gasteiger partial charge in [0.1, 0.15) is 0 Å². The third kappa shape index (κ3) is 4.82. The second-order valence-electron chi connectivity index (χ2n) is 3.41. The number of rotatable bonds is 5. The van der Waals surface area contributed by atoms with Gasteiger partial charge in [0.15, 0.2) is 0 Å². The van der Waals surface area contributed by atoms with Crippen LogP contribution in [0, 0.1) is 0 Å². The van der Waals surface area contributed by atoms with E-state index in [-0.39, 0.29) is 12.5 Å². The average Bonchev–Trinajstić information content (AvgIpc) is 2.58. The first-order chi connectivity index (χ1) is 7.42. The number of hydrogen-bond acceptors (Lipinski definition) is 3. The van der Waals surface area contributed by atoms with Crippen molar-refractivity contribution in [3.63, 3.8) is 0 Å². The highest BCUT2D eigenvalue weighted by atomic mass is 79.9. The minimum absolute atomic E-state index is 0.0752. The molecule has 3 N–H and O–H groups in total. The fourth-order valence-corrected chi connectivity index (χ4v) is 2.59. The third-order valence-electron chi connectivity index (χ3n) is 2.14. The van der Waals surface area contributed by atoms with Crippen molar-refractivity contribution in [3.05, 3.63) is 20.8 Å². The van der Waals surface area contributed by atoms with E-state index in [4.69, 9.17) is 5.84 Å². The zero-order valence-electron chi connectivity index (χ0n) is 8.35. The first kappa shape index (κ1) is 14.0. The molecule has 0 amide bonds. The first-order valence-electron chi connectivity index (χ1n) is 4.69. The normalized spacial score (nSPS) is 14.1. The molecule has 2 nitrogen and oxygen atoms in total. The van der Waals surface area contributed by atoms with Crippen LogP contribution in [0.5, 0.6) is 0 Å². The summed E-state index contributed by atoms with van der Waals surface area (Å²) in [4.78, 5) is 0. The van der Waals surface area contributed by atoms with Gasteiger partial charge >= 0.3 is 6.18 Å². The number of thiophene rings is 1. The number of hydrogen-bond donors (Lipinski definition) is 2. The SMILES string of the molecule is NNC(CCCC(F)(F)F)c1csc(Br)c1. The van der Waals surface area contributed by atoms with Crippen LogP contribution in [0.25, 0.3) is 0 Å². The molecule has 92 valence electrons. The summed E-state index contributed by atoms with van der Waals surface area (Å²) >= 11 is 4.79. The second-order valence-corrected chi connectivity index (χ2v) is 5.70. The topological polar surface area (TPSA) is 38.0 Å². The van der Waals surface area contributed by atoms with Crippen molar-refractivity contribution in [1.82, 2.24) is 5.43 Å². The van der Waals surface area contributed by atoms with Crippen LogP contribution >= 0.6 is 27.3 Å². The maximum absolute atomic E-state index is 12.0. The number of nitrogens with two attached hydrogens (primary N) is 1. The van der Waals surface area contributed by atoms with Crippen LogP contribution in [0.2, 0.25) is 0 Å². The molecule has 0 aliphatic rings. The van der Waals surface area contributed by atoms with Gasteiger partial charge in [-0.15, -0.1) is 11.3 Å². The first-order valence-corrected chi connectivity index (χ1v) is 6.36. The summed E-state index contributed by atoms with van der Waals surface area (Å²) in [6, 6.07) is 1.65. The molecule has 0 radical (unpaired) electrons. The lowest BCUT2D eigenvalue weighted by atomic mass is 10.0. The smallest absolute Gasteiger partial charge is 0.271 e. The Morgan fingerprint density at radius 1 is 1.50 bits per heavy atom. The van der Waals surface area contributed by atoms with E-state index >= 15 is 0 Å². The van der Waals surface area contributed by atoms with Gasteiger partial charge in [0.05, 0.1) is 3.79 Å². The number of hydrazine groups is 1. The monoisotopic (exact) mass is 316 g/mol. The molecule has 1 atom stereocenters. The highest BCUT2D eigenvalue weighted by Gasteiger charge is 2.26. The number of nitrogens with one attached hydrogen (secondary N) is 1. The maximum Gasteiger partial charge on any atom is 0.389 e. The van der Waals surface area contributed by atoms with Gasteiger partial charge in [-0.25, -0.2) is 0 Å². The molecule has 0 bridgehead atoms. The fourth-order valence-electron chi connectivity index (χ4n) is 1.36. The molecule has 1 aromatic heterocycles. The van der Waals surface area contributed by atoms with Gasteiger partial charge < -0.3 is 0 Å². The van der Waals surface area contributed by atoms with E-state index in [1.165, 1.54) is 11.3 Å². The fraction of sp³-hybridized carbons (Fsp3) is 0.556. The Bertz CT molecular complexity index is 327. The van der Waals surface area contributed by atoms with E-state index in [0.29, 0.717) is 6.42 Å². The summed E-state index contributed by atoms with van der Waals surface area (Å²) in [5.74, 6) is 5.32. The van der Waals surface area contributed by atoms with Crippen LogP contribution in [0.3, 0.4) is 0 Å². The van der Waals surface area contributed by atoms with Crippen molar-refractivity contribution in [1.29, 1.82) is 0 Å². The van der Waals surface area contributed by atoms with E-state index in [1.807, 2.05) is 11.4 Å². The quantitative estimate of drug-likeness (QED) is 0.641. The van der Waals surface area contributed by atoms with Crippen LogP contribution < -0.4 is 11.3 Å². The number of halogens is 4. The minimum Gasteiger partial charge on any atom is -0.271 e. The molecule has 1 heterocycles. The molecule has 0 aromatic carbocycles. The highest BCUT2D eigenvalue weighted by Crippen LogP contribution is 2.29. The standard InChI is InChI=1S/C9H12BrF3N2S/c10-8-4-6(5-16-8)7(15-14)2-1-3-9(11,12)13/h4-5,7,15H,1-3,14H2. The molecule has 1 rings (SSSR count).